The Labute approximate surface area is 91.4 Å². The molecular weight excluding hydrogens is 192 g/mol. The van der Waals surface area contributed by atoms with E-state index in [-0.39, 0.29) is 0 Å². The number of nitrogens with one attached hydrogen (secondary N) is 1. The Balaban J connectivity index is 0.000000921. The Bertz CT molecular complexity index is 301. The molecule has 1 aromatic rings. The third-order valence-electron chi connectivity index (χ3n) is 1.82. The third-order valence-corrected chi connectivity index (χ3v) is 1.82. The predicted molar refractivity (Wildman–Crippen MR) is 64.9 cm³/mol. The Morgan fingerprint density at radius 2 is 1.60 bits per heavy atom. The van der Waals surface area contributed by atoms with Crippen LogP contribution in [0.15, 0.2) is 12.1 Å². The van der Waals surface area contributed by atoms with E-state index in [0.29, 0.717) is 17.2 Å². The first-order chi connectivity index (χ1) is 7.22. The average molecular weight is 212 g/mol. The van der Waals surface area contributed by atoms with Gasteiger partial charge < -0.3 is 20.5 Å². The first-order valence-electron chi connectivity index (χ1n) is 4.92. The van der Waals surface area contributed by atoms with Gasteiger partial charge in [0.05, 0.1) is 25.6 Å². The van der Waals surface area contributed by atoms with E-state index in [4.69, 9.17) is 15.2 Å². The third kappa shape index (κ3) is 3.23. The summed E-state index contributed by atoms with van der Waals surface area (Å²) in [6.45, 7) is 4.00. The molecule has 0 saturated heterocycles. The van der Waals surface area contributed by atoms with Gasteiger partial charge in [-0.1, -0.05) is 13.8 Å². The molecular formula is C11H20N2O2. The van der Waals surface area contributed by atoms with Crippen LogP contribution in [-0.4, -0.2) is 21.3 Å². The van der Waals surface area contributed by atoms with Crippen molar-refractivity contribution in [2.45, 2.75) is 13.8 Å². The summed E-state index contributed by atoms with van der Waals surface area (Å²) in [6, 6.07) is 3.53. The molecule has 0 radical (unpaired) electrons. The summed E-state index contributed by atoms with van der Waals surface area (Å²) >= 11 is 0. The Morgan fingerprint density at radius 3 is 2.00 bits per heavy atom. The molecule has 0 atom stereocenters. The molecule has 0 bridgehead atoms. The molecule has 0 saturated carbocycles. The Kier molecular flexibility index (Phi) is 6.09. The Hall–Kier alpha value is -1.58. The van der Waals surface area contributed by atoms with Crippen molar-refractivity contribution in [3.63, 3.8) is 0 Å². The van der Waals surface area contributed by atoms with Crippen molar-refractivity contribution in [1.29, 1.82) is 0 Å². The van der Waals surface area contributed by atoms with Gasteiger partial charge in [0.25, 0.3) is 0 Å². The van der Waals surface area contributed by atoms with Crippen LogP contribution in [0.25, 0.3) is 0 Å². The van der Waals surface area contributed by atoms with Crippen LogP contribution in [0.4, 0.5) is 11.4 Å². The average Bonchev–Trinajstić information content (AvgIpc) is 2.31. The number of nitrogens with two attached hydrogens (primary N) is 1. The molecule has 0 unspecified atom stereocenters. The summed E-state index contributed by atoms with van der Waals surface area (Å²) in [5, 5.41) is 2.99. The first-order valence-corrected chi connectivity index (χ1v) is 4.92. The van der Waals surface area contributed by atoms with Crippen LogP contribution in [0.3, 0.4) is 0 Å². The van der Waals surface area contributed by atoms with E-state index in [9.17, 15) is 0 Å². The fourth-order valence-corrected chi connectivity index (χ4v) is 1.12. The number of ether oxygens (including phenoxy) is 2. The Morgan fingerprint density at radius 1 is 1.07 bits per heavy atom. The molecule has 4 nitrogen and oxygen atoms in total. The SMILES string of the molecule is CC.CNc1cc(OC)c(N)cc1OC. The van der Waals surface area contributed by atoms with Gasteiger partial charge in [0.2, 0.25) is 0 Å². The maximum Gasteiger partial charge on any atom is 0.144 e. The molecule has 0 heterocycles. The number of anilines is 2. The van der Waals surface area contributed by atoms with E-state index in [1.54, 1.807) is 26.4 Å². The van der Waals surface area contributed by atoms with Crippen LogP contribution < -0.4 is 20.5 Å². The van der Waals surface area contributed by atoms with Gasteiger partial charge in [-0.2, -0.15) is 0 Å². The zero-order valence-corrected chi connectivity index (χ0v) is 10.0. The summed E-state index contributed by atoms with van der Waals surface area (Å²) in [7, 11) is 4.99. The van der Waals surface area contributed by atoms with Crippen molar-refractivity contribution >= 4 is 11.4 Å². The lowest BCUT2D eigenvalue weighted by molar-refractivity contribution is 0.406. The van der Waals surface area contributed by atoms with Gasteiger partial charge in [-0.05, 0) is 0 Å². The van der Waals surface area contributed by atoms with Crippen molar-refractivity contribution in [3.05, 3.63) is 12.1 Å². The summed E-state index contributed by atoms with van der Waals surface area (Å²) in [6.07, 6.45) is 0. The van der Waals surface area contributed by atoms with Crippen LogP contribution in [0, 0.1) is 0 Å². The van der Waals surface area contributed by atoms with Gasteiger partial charge in [-0.25, -0.2) is 0 Å². The van der Waals surface area contributed by atoms with Crippen LogP contribution in [0.1, 0.15) is 13.8 Å². The quantitative estimate of drug-likeness (QED) is 0.755. The number of nitrogen functional groups attached to an aromatic ring is 1. The van der Waals surface area contributed by atoms with E-state index in [2.05, 4.69) is 5.32 Å². The summed E-state index contributed by atoms with van der Waals surface area (Å²) < 4.78 is 10.2. The number of benzene rings is 1. The fourth-order valence-electron chi connectivity index (χ4n) is 1.12. The minimum absolute atomic E-state index is 0.568. The molecule has 15 heavy (non-hydrogen) atoms. The van der Waals surface area contributed by atoms with Crippen LogP contribution >= 0.6 is 0 Å². The molecule has 3 N–H and O–H groups in total. The highest BCUT2D eigenvalue weighted by molar-refractivity contribution is 5.69. The van der Waals surface area contributed by atoms with Crippen LogP contribution in [0.2, 0.25) is 0 Å². The first kappa shape index (κ1) is 13.4. The molecule has 0 spiro atoms. The molecule has 86 valence electrons. The number of rotatable bonds is 3. The lowest BCUT2D eigenvalue weighted by Crippen LogP contribution is -1.98. The lowest BCUT2D eigenvalue weighted by Gasteiger charge is -2.11. The summed E-state index contributed by atoms with van der Waals surface area (Å²) in [5.74, 6) is 1.35. The minimum atomic E-state index is 0.568. The van der Waals surface area contributed by atoms with E-state index in [1.807, 2.05) is 20.9 Å². The van der Waals surface area contributed by atoms with Gasteiger partial charge in [-0.15, -0.1) is 0 Å². The second-order valence-electron chi connectivity index (χ2n) is 2.54. The van der Waals surface area contributed by atoms with Gasteiger partial charge >= 0.3 is 0 Å². The molecule has 0 aliphatic heterocycles. The van der Waals surface area contributed by atoms with Crippen molar-refractivity contribution in [1.82, 2.24) is 0 Å². The second-order valence-corrected chi connectivity index (χ2v) is 2.54. The molecule has 0 amide bonds. The maximum atomic E-state index is 5.70. The highest BCUT2D eigenvalue weighted by Gasteiger charge is 2.06. The summed E-state index contributed by atoms with van der Waals surface area (Å²) in [4.78, 5) is 0. The molecule has 1 aromatic carbocycles. The predicted octanol–water partition coefficient (Wildman–Crippen LogP) is 2.35. The van der Waals surface area contributed by atoms with Gasteiger partial charge in [-0.3, -0.25) is 0 Å². The van der Waals surface area contributed by atoms with E-state index in [1.165, 1.54) is 0 Å². The largest absolute Gasteiger partial charge is 0.495 e. The lowest BCUT2D eigenvalue weighted by atomic mass is 10.2. The molecule has 4 heteroatoms. The normalized spacial score (nSPS) is 8.60. The highest BCUT2D eigenvalue weighted by Crippen LogP contribution is 2.33. The molecule has 0 aliphatic rings. The van der Waals surface area contributed by atoms with Crippen molar-refractivity contribution < 1.29 is 9.47 Å². The minimum Gasteiger partial charge on any atom is -0.495 e. The zero-order chi connectivity index (χ0) is 11.8. The van der Waals surface area contributed by atoms with E-state index >= 15 is 0 Å². The number of hydrogen-bond acceptors (Lipinski definition) is 4. The van der Waals surface area contributed by atoms with Crippen molar-refractivity contribution in [2.75, 3.05) is 32.3 Å². The molecule has 0 aliphatic carbocycles. The number of hydrogen-bond donors (Lipinski definition) is 2. The van der Waals surface area contributed by atoms with Gasteiger partial charge in [0, 0.05) is 19.2 Å². The van der Waals surface area contributed by atoms with Gasteiger partial charge in [0.1, 0.15) is 11.5 Å². The van der Waals surface area contributed by atoms with Crippen molar-refractivity contribution in [3.8, 4) is 11.5 Å². The molecule has 1 rings (SSSR count). The van der Waals surface area contributed by atoms with Crippen LogP contribution in [-0.2, 0) is 0 Å². The van der Waals surface area contributed by atoms with E-state index < -0.39 is 0 Å². The second kappa shape index (κ2) is 6.81. The van der Waals surface area contributed by atoms with Crippen molar-refractivity contribution in [2.24, 2.45) is 0 Å². The maximum absolute atomic E-state index is 5.70. The standard InChI is InChI=1S/C9H14N2O2.C2H6/c1-11-7-5-8(12-2)6(10)4-9(7)13-3;1-2/h4-5,11H,10H2,1-3H3;1-2H3. The zero-order valence-electron chi connectivity index (χ0n) is 10.0. The molecule has 0 aromatic heterocycles. The fraction of sp³-hybridized carbons (Fsp3) is 0.455. The van der Waals surface area contributed by atoms with Crippen LogP contribution in [0.5, 0.6) is 11.5 Å². The van der Waals surface area contributed by atoms with E-state index in [0.717, 1.165) is 5.69 Å². The van der Waals surface area contributed by atoms with Gasteiger partial charge in [0.15, 0.2) is 0 Å². The topological polar surface area (TPSA) is 56.5 Å². The highest BCUT2D eigenvalue weighted by atomic mass is 16.5. The number of methoxy groups -OCH3 is 2. The smallest absolute Gasteiger partial charge is 0.144 e. The monoisotopic (exact) mass is 212 g/mol. The molecule has 0 fully saturated rings. The summed E-state index contributed by atoms with van der Waals surface area (Å²) in [5.41, 5.74) is 7.12.